The van der Waals surface area contributed by atoms with Gasteiger partial charge in [-0.15, -0.1) is 11.3 Å². The van der Waals surface area contributed by atoms with Gasteiger partial charge in [0, 0.05) is 15.0 Å². The lowest BCUT2D eigenvalue weighted by Crippen LogP contribution is -2.14. The first-order chi connectivity index (χ1) is 11.1. The number of fused-ring (bicyclic) bond motifs is 3. The monoisotopic (exact) mass is 326 g/mol. The van der Waals surface area contributed by atoms with Gasteiger partial charge < -0.3 is 10.0 Å². The Labute approximate surface area is 142 Å². The molecule has 4 heteroatoms. The van der Waals surface area contributed by atoms with Gasteiger partial charge in [0.1, 0.15) is 0 Å². The van der Waals surface area contributed by atoms with Crippen molar-refractivity contribution in [2.75, 3.05) is 0 Å². The lowest BCUT2D eigenvalue weighted by atomic mass is 9.76. The molecule has 1 heterocycles. The molecule has 0 aliphatic rings. The number of hydrogen-bond donors (Lipinski definition) is 2. The minimum absolute atomic E-state index is 0.624. The quantitative estimate of drug-likeness (QED) is 0.650. The maximum Gasteiger partial charge on any atom is 0.484 e. The van der Waals surface area contributed by atoms with E-state index in [0.717, 1.165) is 5.56 Å². The minimum Gasteiger partial charge on any atom is -0.423 e. The van der Waals surface area contributed by atoms with Crippen molar-refractivity contribution < 1.29 is 10.0 Å². The van der Waals surface area contributed by atoms with Gasteiger partial charge in [0.25, 0.3) is 0 Å². The number of allylic oxidation sites excluding steroid dienone is 1. The Kier molecular flexibility index (Phi) is 6.00. The summed E-state index contributed by atoms with van der Waals surface area (Å²) in [7, 11) is -1.39. The molecule has 23 heavy (non-hydrogen) atoms. The number of aryl methyl sites for hydroxylation is 1. The fourth-order valence-electron chi connectivity index (χ4n) is 2.73. The molecule has 2 nitrogen and oxygen atoms in total. The van der Waals surface area contributed by atoms with Gasteiger partial charge >= 0.3 is 7.12 Å². The van der Waals surface area contributed by atoms with Crippen LogP contribution < -0.4 is 0 Å². The number of thiophene rings is 1. The Morgan fingerprint density at radius 3 is 2.48 bits per heavy atom. The van der Waals surface area contributed by atoms with Crippen molar-refractivity contribution >= 4 is 45.4 Å². The zero-order valence-corrected chi connectivity index (χ0v) is 14.9. The molecule has 0 amide bonds. The molecular weight excluding hydrogens is 303 g/mol. The molecular formula is C19H23BO2S. The molecule has 0 radical (unpaired) electrons. The molecule has 0 fully saturated rings. The van der Waals surface area contributed by atoms with Crippen LogP contribution in [-0.4, -0.2) is 17.2 Å². The van der Waals surface area contributed by atoms with E-state index in [1.807, 2.05) is 39.0 Å². The van der Waals surface area contributed by atoms with Gasteiger partial charge in [0.15, 0.2) is 0 Å². The van der Waals surface area contributed by atoms with E-state index in [1.54, 1.807) is 11.3 Å². The first-order valence-corrected chi connectivity index (χ1v) is 8.91. The predicted octanol–water partition coefficient (Wildman–Crippen LogP) is 5.19. The standard InChI is InChI=1S/C17H17BO2S.C2H6/c1-3-13(18(19)20)10-15-11(2)21-16-9-8-12-6-4-5-7-14(12)17(15)16;1-2/h4-10,19-20H,3H2,1-2H3;1-2H3/b13-10+;. The van der Waals surface area contributed by atoms with Crippen molar-refractivity contribution in [2.45, 2.75) is 34.1 Å². The zero-order valence-electron chi connectivity index (χ0n) is 14.1. The van der Waals surface area contributed by atoms with Crippen molar-refractivity contribution in [2.24, 2.45) is 0 Å². The summed E-state index contributed by atoms with van der Waals surface area (Å²) in [5.41, 5.74) is 1.75. The van der Waals surface area contributed by atoms with E-state index in [4.69, 9.17) is 0 Å². The first-order valence-electron chi connectivity index (χ1n) is 8.09. The summed E-state index contributed by atoms with van der Waals surface area (Å²) in [5, 5.41) is 22.6. The highest BCUT2D eigenvalue weighted by atomic mass is 32.1. The molecule has 3 rings (SSSR count). The molecule has 3 aromatic rings. The SMILES string of the molecule is CC.CC/C(=C\c1c(C)sc2ccc3ccccc3c12)B(O)O. The third-order valence-electron chi connectivity index (χ3n) is 3.87. The summed E-state index contributed by atoms with van der Waals surface area (Å²) in [6.45, 7) is 8.02. The van der Waals surface area contributed by atoms with Crippen LogP contribution in [-0.2, 0) is 0 Å². The third-order valence-corrected chi connectivity index (χ3v) is 4.96. The first kappa shape index (κ1) is 17.7. The molecule has 0 bridgehead atoms. The highest BCUT2D eigenvalue weighted by molar-refractivity contribution is 7.19. The van der Waals surface area contributed by atoms with Crippen LogP contribution in [0.4, 0.5) is 0 Å². The van der Waals surface area contributed by atoms with E-state index >= 15 is 0 Å². The van der Waals surface area contributed by atoms with E-state index in [9.17, 15) is 10.0 Å². The summed E-state index contributed by atoms with van der Waals surface area (Å²) in [4.78, 5) is 1.20. The lowest BCUT2D eigenvalue weighted by molar-refractivity contribution is 0.417. The third kappa shape index (κ3) is 3.50. The van der Waals surface area contributed by atoms with Crippen LogP contribution in [0.15, 0.2) is 41.9 Å². The van der Waals surface area contributed by atoms with Gasteiger partial charge in [-0.2, -0.15) is 0 Å². The summed E-state index contributed by atoms with van der Waals surface area (Å²) in [6, 6.07) is 12.6. The van der Waals surface area contributed by atoms with Crippen LogP contribution in [0.3, 0.4) is 0 Å². The molecule has 0 unspecified atom stereocenters. The van der Waals surface area contributed by atoms with Gasteiger partial charge in [-0.3, -0.25) is 0 Å². The Morgan fingerprint density at radius 1 is 1.13 bits per heavy atom. The Bertz CT molecular complexity index is 834. The van der Waals surface area contributed by atoms with E-state index in [2.05, 4.69) is 31.2 Å². The van der Waals surface area contributed by atoms with Crippen molar-refractivity contribution in [3.63, 3.8) is 0 Å². The van der Waals surface area contributed by atoms with E-state index < -0.39 is 7.12 Å². The zero-order chi connectivity index (χ0) is 17.0. The summed E-state index contributed by atoms with van der Waals surface area (Å²) >= 11 is 1.75. The van der Waals surface area contributed by atoms with Gasteiger partial charge in [-0.1, -0.05) is 57.2 Å². The molecule has 2 aromatic carbocycles. The van der Waals surface area contributed by atoms with E-state index in [1.165, 1.54) is 25.7 Å². The average Bonchev–Trinajstić information content (AvgIpc) is 2.90. The van der Waals surface area contributed by atoms with Crippen molar-refractivity contribution in [3.8, 4) is 0 Å². The smallest absolute Gasteiger partial charge is 0.423 e. The Hall–Kier alpha value is -1.62. The van der Waals surface area contributed by atoms with Crippen LogP contribution in [0.25, 0.3) is 26.9 Å². The second kappa shape index (κ2) is 7.78. The number of rotatable bonds is 3. The molecule has 120 valence electrons. The molecule has 0 aliphatic carbocycles. The largest absolute Gasteiger partial charge is 0.484 e. The fourth-order valence-corrected chi connectivity index (χ4v) is 3.79. The maximum absolute atomic E-state index is 9.48. The molecule has 0 atom stereocenters. The van der Waals surface area contributed by atoms with Gasteiger partial charge in [0.05, 0.1) is 0 Å². The second-order valence-corrected chi connectivity index (χ2v) is 6.43. The Morgan fingerprint density at radius 2 is 1.83 bits per heavy atom. The van der Waals surface area contributed by atoms with Gasteiger partial charge in [-0.05, 0) is 41.2 Å². The number of benzene rings is 2. The average molecular weight is 326 g/mol. The van der Waals surface area contributed by atoms with Crippen LogP contribution in [0.1, 0.15) is 37.6 Å². The van der Waals surface area contributed by atoms with Gasteiger partial charge in [-0.25, -0.2) is 0 Å². The van der Waals surface area contributed by atoms with Crippen molar-refractivity contribution in [1.82, 2.24) is 0 Å². The van der Waals surface area contributed by atoms with Crippen molar-refractivity contribution in [3.05, 3.63) is 52.3 Å². The van der Waals surface area contributed by atoms with E-state index in [-0.39, 0.29) is 0 Å². The minimum atomic E-state index is -1.39. The van der Waals surface area contributed by atoms with Crippen molar-refractivity contribution in [1.29, 1.82) is 0 Å². The molecule has 0 saturated carbocycles. The predicted molar refractivity (Wildman–Crippen MR) is 104 cm³/mol. The fraction of sp³-hybridized carbons (Fsp3) is 0.263. The topological polar surface area (TPSA) is 40.5 Å². The summed E-state index contributed by atoms with van der Waals surface area (Å²) in [5.74, 6) is 0. The molecule has 1 aromatic heterocycles. The summed E-state index contributed by atoms with van der Waals surface area (Å²) < 4.78 is 1.24. The van der Waals surface area contributed by atoms with Crippen LogP contribution in [0.2, 0.25) is 0 Å². The van der Waals surface area contributed by atoms with Crippen LogP contribution in [0, 0.1) is 6.92 Å². The molecule has 2 N–H and O–H groups in total. The highest BCUT2D eigenvalue weighted by Crippen LogP contribution is 2.37. The van der Waals surface area contributed by atoms with E-state index in [0.29, 0.717) is 11.9 Å². The summed E-state index contributed by atoms with van der Waals surface area (Å²) in [6.07, 6.45) is 2.56. The highest BCUT2D eigenvalue weighted by Gasteiger charge is 2.16. The van der Waals surface area contributed by atoms with Crippen LogP contribution in [0.5, 0.6) is 0 Å². The molecule has 0 saturated heterocycles. The second-order valence-electron chi connectivity index (χ2n) is 5.18. The maximum atomic E-state index is 9.48. The normalized spacial score (nSPS) is 11.5. The van der Waals surface area contributed by atoms with Crippen LogP contribution >= 0.6 is 11.3 Å². The van der Waals surface area contributed by atoms with Gasteiger partial charge in [0.2, 0.25) is 0 Å². The molecule has 0 spiro atoms. The lowest BCUT2D eigenvalue weighted by Gasteiger charge is -2.05. The molecule has 0 aliphatic heterocycles. The number of hydrogen-bond acceptors (Lipinski definition) is 3. The Balaban J connectivity index is 0.000000924.